The molecule has 2 rings (SSSR count). The highest BCUT2D eigenvalue weighted by Gasteiger charge is 2.47. The largest absolute Gasteiger partial charge is 0.479 e. The van der Waals surface area contributed by atoms with Crippen LogP contribution in [0.25, 0.3) is 0 Å². The van der Waals surface area contributed by atoms with Gasteiger partial charge in [0.1, 0.15) is 0 Å². The van der Waals surface area contributed by atoms with E-state index in [-0.39, 0.29) is 12.0 Å². The lowest BCUT2D eigenvalue weighted by Crippen LogP contribution is -2.60. The summed E-state index contributed by atoms with van der Waals surface area (Å²) in [5, 5.41) is 19.2. The van der Waals surface area contributed by atoms with Crippen LogP contribution in [0.15, 0.2) is 28.7 Å². The Morgan fingerprint density at radius 3 is 3.19 bits per heavy atom. The zero-order valence-corrected chi connectivity index (χ0v) is 8.21. The molecule has 2 aliphatic rings. The number of nitriles is 1. The van der Waals surface area contributed by atoms with Crippen LogP contribution in [-0.2, 0) is 4.79 Å². The maximum Gasteiger partial charge on any atom is 0.345 e. The van der Waals surface area contributed by atoms with Crippen LogP contribution < -0.4 is 11.2 Å². The average molecular weight is 219 g/mol. The first-order valence-electron chi connectivity index (χ1n) is 4.50. The normalized spacial score (nSPS) is 26.9. The van der Waals surface area contributed by atoms with Crippen molar-refractivity contribution in [3.05, 3.63) is 23.7 Å². The van der Waals surface area contributed by atoms with Gasteiger partial charge in [-0.15, -0.1) is 0 Å². The molecule has 0 radical (unpaired) electrons. The number of hydrazine groups is 1. The predicted molar refractivity (Wildman–Crippen MR) is 54.4 cm³/mol. The standard InChI is InChI=1S/C9H9N5O2/c10-3-2-6-7-12-4-1-5-14(7)13-9(6,11)8(15)16/h1,4-5,13H,2,11H2,(H,15,16). The highest BCUT2D eigenvalue weighted by atomic mass is 16.4. The third-order valence-corrected chi connectivity index (χ3v) is 2.38. The van der Waals surface area contributed by atoms with E-state index in [4.69, 9.17) is 16.1 Å². The van der Waals surface area contributed by atoms with Crippen molar-refractivity contribution in [1.29, 1.82) is 5.26 Å². The molecule has 0 aliphatic carbocycles. The van der Waals surface area contributed by atoms with Crippen molar-refractivity contribution >= 4 is 12.2 Å². The molecule has 0 spiro atoms. The van der Waals surface area contributed by atoms with Gasteiger partial charge in [-0.1, -0.05) is 0 Å². The highest BCUT2D eigenvalue weighted by Crippen LogP contribution is 2.30. The topological polar surface area (TPSA) is 115 Å². The molecule has 82 valence electrons. The molecule has 16 heavy (non-hydrogen) atoms. The molecule has 0 aromatic rings. The fourth-order valence-corrected chi connectivity index (χ4v) is 1.59. The zero-order chi connectivity index (χ0) is 11.8. The van der Waals surface area contributed by atoms with Crippen molar-refractivity contribution in [3.8, 4) is 6.07 Å². The van der Waals surface area contributed by atoms with Crippen LogP contribution in [0.3, 0.4) is 0 Å². The van der Waals surface area contributed by atoms with Gasteiger partial charge >= 0.3 is 5.97 Å². The fourth-order valence-electron chi connectivity index (χ4n) is 1.59. The van der Waals surface area contributed by atoms with E-state index in [1.54, 1.807) is 12.3 Å². The number of carboxylic acids is 1. The Morgan fingerprint density at radius 2 is 2.56 bits per heavy atom. The summed E-state index contributed by atoms with van der Waals surface area (Å²) in [6.07, 6.45) is 4.65. The number of carboxylic acid groups (broad SMARTS) is 1. The van der Waals surface area contributed by atoms with Crippen LogP contribution in [0.4, 0.5) is 0 Å². The SMILES string of the molecule is N#CCC1=C2N=CC=CN2NC1(N)C(=O)O. The van der Waals surface area contributed by atoms with Gasteiger partial charge < -0.3 is 5.11 Å². The van der Waals surface area contributed by atoms with Crippen LogP contribution in [0.1, 0.15) is 6.42 Å². The number of nitrogens with one attached hydrogen (secondary N) is 1. The quantitative estimate of drug-likeness (QED) is 0.564. The van der Waals surface area contributed by atoms with Gasteiger partial charge in [0.15, 0.2) is 5.82 Å². The van der Waals surface area contributed by atoms with Gasteiger partial charge in [-0.25, -0.2) is 9.79 Å². The van der Waals surface area contributed by atoms with Crippen LogP contribution in [0.2, 0.25) is 0 Å². The summed E-state index contributed by atoms with van der Waals surface area (Å²) >= 11 is 0. The third kappa shape index (κ3) is 1.29. The van der Waals surface area contributed by atoms with Crippen molar-refractivity contribution in [2.45, 2.75) is 12.1 Å². The second kappa shape index (κ2) is 3.44. The number of nitrogens with two attached hydrogens (primary N) is 1. The minimum absolute atomic E-state index is 0.0905. The van der Waals surface area contributed by atoms with Gasteiger partial charge in [-0.05, 0) is 6.08 Å². The van der Waals surface area contributed by atoms with Gasteiger partial charge in [-0.2, -0.15) is 10.7 Å². The molecule has 0 aromatic heterocycles. The first kappa shape index (κ1) is 10.4. The summed E-state index contributed by atoms with van der Waals surface area (Å²) in [6.45, 7) is 0. The second-order valence-corrected chi connectivity index (χ2v) is 3.35. The number of aliphatic imine (C=N–C) groups is 1. The number of fused-ring (bicyclic) bond motifs is 1. The third-order valence-electron chi connectivity index (χ3n) is 2.38. The molecule has 0 bridgehead atoms. The summed E-state index contributed by atoms with van der Waals surface area (Å²) < 4.78 is 0. The van der Waals surface area contributed by atoms with Gasteiger partial charge in [0.25, 0.3) is 0 Å². The van der Waals surface area contributed by atoms with Gasteiger partial charge in [0.05, 0.1) is 12.5 Å². The lowest BCUT2D eigenvalue weighted by Gasteiger charge is -2.23. The molecular weight excluding hydrogens is 210 g/mol. The highest BCUT2D eigenvalue weighted by molar-refractivity contribution is 5.84. The molecule has 7 heteroatoms. The summed E-state index contributed by atoms with van der Waals surface area (Å²) in [4.78, 5) is 15.1. The number of carbonyl (C=O) groups is 1. The van der Waals surface area contributed by atoms with E-state index >= 15 is 0 Å². The molecule has 2 aliphatic heterocycles. The lowest BCUT2D eigenvalue weighted by molar-refractivity contribution is -0.143. The number of hydrogen-bond donors (Lipinski definition) is 3. The Kier molecular flexibility index (Phi) is 2.23. The van der Waals surface area contributed by atoms with E-state index < -0.39 is 11.6 Å². The zero-order valence-electron chi connectivity index (χ0n) is 8.21. The van der Waals surface area contributed by atoms with Gasteiger partial charge in [0.2, 0.25) is 5.66 Å². The maximum atomic E-state index is 11.1. The minimum Gasteiger partial charge on any atom is -0.479 e. The number of hydrogen-bond acceptors (Lipinski definition) is 6. The van der Waals surface area contributed by atoms with Gasteiger partial charge in [0, 0.05) is 18.0 Å². The first-order chi connectivity index (χ1) is 7.59. The van der Waals surface area contributed by atoms with E-state index in [1.807, 2.05) is 6.07 Å². The Bertz CT molecular complexity index is 473. The Hall–Kier alpha value is -2.17. The van der Waals surface area contributed by atoms with E-state index in [2.05, 4.69) is 10.4 Å². The molecule has 0 aromatic carbocycles. The minimum atomic E-state index is -1.77. The van der Waals surface area contributed by atoms with Crippen LogP contribution in [-0.4, -0.2) is 28.0 Å². The Labute approximate surface area is 91.1 Å². The number of allylic oxidation sites excluding steroid dienone is 1. The Morgan fingerprint density at radius 1 is 1.81 bits per heavy atom. The van der Waals surface area contributed by atoms with E-state index in [1.165, 1.54) is 11.2 Å². The molecule has 1 unspecified atom stereocenters. The molecule has 2 heterocycles. The van der Waals surface area contributed by atoms with E-state index in [9.17, 15) is 4.79 Å². The molecule has 0 amide bonds. The molecular formula is C9H9N5O2. The predicted octanol–water partition coefficient (Wildman–Crippen LogP) is -0.730. The van der Waals surface area contributed by atoms with Crippen molar-refractivity contribution in [2.24, 2.45) is 10.7 Å². The monoisotopic (exact) mass is 219 g/mol. The van der Waals surface area contributed by atoms with Crippen LogP contribution in [0.5, 0.6) is 0 Å². The summed E-state index contributed by atoms with van der Waals surface area (Å²) in [5.41, 5.74) is 6.80. The Balaban J connectivity index is 2.51. The molecule has 4 N–H and O–H groups in total. The van der Waals surface area contributed by atoms with Crippen LogP contribution >= 0.6 is 0 Å². The summed E-state index contributed by atoms with van der Waals surface area (Å²) in [6, 6.07) is 1.89. The number of aliphatic carboxylic acids is 1. The van der Waals surface area contributed by atoms with Crippen molar-refractivity contribution in [1.82, 2.24) is 10.4 Å². The van der Waals surface area contributed by atoms with E-state index in [0.29, 0.717) is 5.82 Å². The van der Waals surface area contributed by atoms with Crippen molar-refractivity contribution in [2.75, 3.05) is 0 Å². The molecule has 0 saturated heterocycles. The number of rotatable bonds is 2. The maximum absolute atomic E-state index is 11.1. The average Bonchev–Trinajstić information content (AvgIpc) is 2.54. The molecule has 7 nitrogen and oxygen atoms in total. The first-order valence-corrected chi connectivity index (χ1v) is 4.50. The molecule has 0 fully saturated rings. The lowest BCUT2D eigenvalue weighted by atomic mass is 10.00. The second-order valence-electron chi connectivity index (χ2n) is 3.35. The number of nitrogens with zero attached hydrogens (tertiary/aromatic N) is 3. The van der Waals surface area contributed by atoms with Crippen molar-refractivity contribution in [3.63, 3.8) is 0 Å². The summed E-state index contributed by atoms with van der Waals surface area (Å²) in [7, 11) is 0. The summed E-state index contributed by atoms with van der Waals surface area (Å²) in [5.74, 6) is -0.878. The smallest absolute Gasteiger partial charge is 0.345 e. The van der Waals surface area contributed by atoms with E-state index in [0.717, 1.165) is 0 Å². The molecule has 0 saturated carbocycles. The van der Waals surface area contributed by atoms with Crippen molar-refractivity contribution < 1.29 is 9.90 Å². The van der Waals surface area contributed by atoms with Gasteiger partial charge in [-0.3, -0.25) is 10.7 Å². The fraction of sp³-hybridized carbons (Fsp3) is 0.222. The molecule has 1 atom stereocenters. The van der Waals surface area contributed by atoms with Crippen LogP contribution in [0, 0.1) is 11.3 Å².